The van der Waals surface area contributed by atoms with Gasteiger partial charge < -0.3 is 9.84 Å². The summed E-state index contributed by atoms with van der Waals surface area (Å²) in [6.45, 7) is 5.82. The zero-order chi connectivity index (χ0) is 14.7. The van der Waals surface area contributed by atoms with Crippen molar-refractivity contribution >= 4 is 11.9 Å². The number of carbonyl (C=O) groups excluding carboxylic acids is 1. The highest BCUT2D eigenvalue weighted by Crippen LogP contribution is 2.31. The number of esters is 1. The predicted molar refractivity (Wildman–Crippen MR) is 75.0 cm³/mol. The van der Waals surface area contributed by atoms with Gasteiger partial charge in [0.2, 0.25) is 0 Å². The second kappa shape index (κ2) is 9.82. The number of unbranched alkanes of at least 4 members (excludes halogenated alkanes) is 5. The molecule has 0 saturated heterocycles. The summed E-state index contributed by atoms with van der Waals surface area (Å²) in [6, 6.07) is 0. The number of ether oxygens (including phenoxy) is 1. The van der Waals surface area contributed by atoms with Crippen LogP contribution in [0, 0.1) is 5.41 Å². The van der Waals surface area contributed by atoms with Gasteiger partial charge >= 0.3 is 11.9 Å². The number of carbonyl (C=O) groups is 2. The van der Waals surface area contributed by atoms with Gasteiger partial charge in [-0.05, 0) is 19.8 Å². The minimum absolute atomic E-state index is 0.227. The number of carboxylic acid groups (broad SMARTS) is 1. The van der Waals surface area contributed by atoms with Gasteiger partial charge in [-0.1, -0.05) is 52.4 Å². The van der Waals surface area contributed by atoms with E-state index in [-0.39, 0.29) is 13.0 Å². The molecule has 1 unspecified atom stereocenters. The molecule has 0 heterocycles. The molecule has 0 aromatic rings. The first kappa shape index (κ1) is 17.9. The average molecular weight is 272 g/mol. The lowest BCUT2D eigenvalue weighted by molar-refractivity contribution is -0.169. The summed E-state index contributed by atoms with van der Waals surface area (Å²) in [5.41, 5.74) is -1.35. The first-order chi connectivity index (χ1) is 9.05. The molecule has 4 heteroatoms. The van der Waals surface area contributed by atoms with Crippen LogP contribution in [0.2, 0.25) is 0 Å². The Balaban J connectivity index is 4.35. The second-order valence-corrected chi connectivity index (χ2v) is 4.98. The minimum Gasteiger partial charge on any atom is -0.480 e. The van der Waals surface area contributed by atoms with Gasteiger partial charge in [0.05, 0.1) is 6.61 Å². The summed E-state index contributed by atoms with van der Waals surface area (Å²) in [5, 5.41) is 9.36. The van der Waals surface area contributed by atoms with Crippen molar-refractivity contribution in [3.8, 4) is 0 Å². The summed E-state index contributed by atoms with van der Waals surface area (Å²) >= 11 is 0. The molecule has 0 amide bonds. The topological polar surface area (TPSA) is 63.6 Å². The first-order valence-corrected chi connectivity index (χ1v) is 7.45. The van der Waals surface area contributed by atoms with Crippen molar-refractivity contribution in [3.05, 3.63) is 0 Å². The molecule has 112 valence electrons. The summed E-state index contributed by atoms with van der Waals surface area (Å²) < 4.78 is 4.94. The van der Waals surface area contributed by atoms with Crippen LogP contribution in [0.4, 0.5) is 0 Å². The third kappa shape index (κ3) is 5.62. The second-order valence-electron chi connectivity index (χ2n) is 4.98. The van der Waals surface area contributed by atoms with Crippen molar-refractivity contribution in [1.82, 2.24) is 0 Å². The molecule has 0 aromatic carbocycles. The third-order valence-corrected chi connectivity index (χ3v) is 3.64. The molecular weight excluding hydrogens is 244 g/mol. The van der Waals surface area contributed by atoms with E-state index in [0.717, 1.165) is 19.3 Å². The molecule has 19 heavy (non-hydrogen) atoms. The molecule has 0 fully saturated rings. The zero-order valence-corrected chi connectivity index (χ0v) is 12.5. The third-order valence-electron chi connectivity index (χ3n) is 3.64. The highest BCUT2D eigenvalue weighted by Gasteiger charge is 2.45. The van der Waals surface area contributed by atoms with Crippen molar-refractivity contribution < 1.29 is 19.4 Å². The average Bonchev–Trinajstić information content (AvgIpc) is 2.38. The maximum absolute atomic E-state index is 11.9. The van der Waals surface area contributed by atoms with Gasteiger partial charge in [0, 0.05) is 0 Å². The van der Waals surface area contributed by atoms with Gasteiger partial charge in [-0.3, -0.25) is 9.59 Å². The van der Waals surface area contributed by atoms with E-state index < -0.39 is 17.4 Å². The van der Waals surface area contributed by atoms with Crippen molar-refractivity contribution in [1.29, 1.82) is 0 Å². The lowest BCUT2D eigenvalue weighted by Gasteiger charge is -2.25. The van der Waals surface area contributed by atoms with E-state index in [1.54, 1.807) is 13.8 Å². The van der Waals surface area contributed by atoms with Gasteiger partial charge in [0.15, 0.2) is 5.41 Å². The smallest absolute Gasteiger partial charge is 0.323 e. The largest absolute Gasteiger partial charge is 0.480 e. The van der Waals surface area contributed by atoms with Gasteiger partial charge in [0.25, 0.3) is 0 Å². The predicted octanol–water partition coefficient (Wildman–Crippen LogP) is 3.78. The number of carboxylic acids is 1. The molecular formula is C15H28O4. The Bertz CT molecular complexity index is 275. The molecule has 0 aromatic heterocycles. The van der Waals surface area contributed by atoms with Gasteiger partial charge in [0.1, 0.15) is 0 Å². The Hall–Kier alpha value is -1.06. The molecule has 0 spiro atoms. The maximum Gasteiger partial charge on any atom is 0.323 e. The van der Waals surface area contributed by atoms with Gasteiger partial charge in [-0.2, -0.15) is 0 Å². The molecule has 0 aliphatic heterocycles. The van der Waals surface area contributed by atoms with Crippen LogP contribution in [0.3, 0.4) is 0 Å². The molecule has 0 bridgehead atoms. The molecule has 0 saturated carbocycles. The van der Waals surface area contributed by atoms with E-state index in [1.807, 2.05) is 0 Å². The quantitative estimate of drug-likeness (QED) is 0.353. The molecule has 0 aliphatic carbocycles. The molecule has 1 atom stereocenters. The highest BCUT2D eigenvalue weighted by atomic mass is 16.5. The van der Waals surface area contributed by atoms with Crippen LogP contribution in [0.25, 0.3) is 0 Å². The van der Waals surface area contributed by atoms with E-state index in [2.05, 4.69) is 6.92 Å². The lowest BCUT2D eigenvalue weighted by Crippen LogP contribution is -2.40. The van der Waals surface area contributed by atoms with E-state index >= 15 is 0 Å². The minimum atomic E-state index is -1.35. The Morgan fingerprint density at radius 2 is 1.58 bits per heavy atom. The van der Waals surface area contributed by atoms with Gasteiger partial charge in [-0.25, -0.2) is 0 Å². The normalized spacial score (nSPS) is 13.8. The summed E-state index contributed by atoms with van der Waals surface area (Å²) in [5.74, 6) is -1.64. The molecule has 0 rings (SSSR count). The maximum atomic E-state index is 11.9. The number of aliphatic carboxylic acids is 1. The van der Waals surface area contributed by atoms with Crippen LogP contribution in [-0.2, 0) is 14.3 Å². The Kier molecular flexibility index (Phi) is 9.27. The van der Waals surface area contributed by atoms with Crippen molar-refractivity contribution in [2.45, 2.75) is 72.1 Å². The Morgan fingerprint density at radius 3 is 2.05 bits per heavy atom. The van der Waals surface area contributed by atoms with Crippen LogP contribution in [0.1, 0.15) is 72.1 Å². The van der Waals surface area contributed by atoms with E-state index in [4.69, 9.17) is 4.74 Å². The van der Waals surface area contributed by atoms with Crippen LogP contribution in [0.5, 0.6) is 0 Å². The van der Waals surface area contributed by atoms with Crippen LogP contribution in [-0.4, -0.2) is 23.7 Å². The van der Waals surface area contributed by atoms with Crippen molar-refractivity contribution in [3.63, 3.8) is 0 Å². The fourth-order valence-corrected chi connectivity index (χ4v) is 2.24. The molecule has 0 aliphatic rings. The summed E-state index contributed by atoms with van der Waals surface area (Å²) in [6.07, 6.45) is 7.11. The number of rotatable bonds is 11. The summed E-state index contributed by atoms with van der Waals surface area (Å²) in [4.78, 5) is 23.3. The number of hydrogen-bond donors (Lipinski definition) is 1. The molecule has 0 radical (unpaired) electrons. The van der Waals surface area contributed by atoms with Gasteiger partial charge in [-0.15, -0.1) is 0 Å². The fourth-order valence-electron chi connectivity index (χ4n) is 2.24. The van der Waals surface area contributed by atoms with Crippen LogP contribution in [0.15, 0.2) is 0 Å². The fraction of sp³-hybridized carbons (Fsp3) is 0.867. The van der Waals surface area contributed by atoms with E-state index in [9.17, 15) is 14.7 Å². The Morgan fingerprint density at radius 1 is 1.00 bits per heavy atom. The standard InChI is InChI=1S/C15H28O4/c1-4-7-8-9-10-11-12-15(5-2,13(16)17)14(18)19-6-3/h4-12H2,1-3H3,(H,16,17). The van der Waals surface area contributed by atoms with Crippen LogP contribution >= 0.6 is 0 Å². The SMILES string of the molecule is CCCCCCCCC(CC)(C(=O)O)C(=O)OCC. The molecule has 4 nitrogen and oxygen atoms in total. The highest BCUT2D eigenvalue weighted by molar-refractivity contribution is 5.99. The van der Waals surface area contributed by atoms with E-state index in [1.165, 1.54) is 19.3 Å². The lowest BCUT2D eigenvalue weighted by atomic mass is 9.80. The zero-order valence-electron chi connectivity index (χ0n) is 12.5. The monoisotopic (exact) mass is 272 g/mol. The van der Waals surface area contributed by atoms with Crippen molar-refractivity contribution in [2.24, 2.45) is 5.41 Å². The van der Waals surface area contributed by atoms with Crippen LogP contribution < -0.4 is 0 Å². The summed E-state index contributed by atoms with van der Waals surface area (Å²) in [7, 11) is 0. The first-order valence-electron chi connectivity index (χ1n) is 7.45. The number of hydrogen-bond acceptors (Lipinski definition) is 3. The van der Waals surface area contributed by atoms with E-state index in [0.29, 0.717) is 6.42 Å². The Labute approximate surface area is 116 Å². The van der Waals surface area contributed by atoms with Crippen molar-refractivity contribution in [2.75, 3.05) is 6.61 Å². The molecule has 1 N–H and O–H groups in total.